The molecule has 0 bridgehead atoms. The molecule has 5 heteroatoms. The van der Waals surface area contributed by atoms with Crippen LogP contribution in [0.15, 0.2) is 0 Å². The normalized spacial score (nSPS) is 13.9. The fourth-order valence-electron chi connectivity index (χ4n) is 3.30. The number of hydrogen-bond donors (Lipinski definition) is 4. The number of unbranched alkanes of at least 4 members (excludes halogenated alkanes) is 9. The molecule has 28 heavy (non-hydrogen) atoms. The molecule has 0 aliphatic heterocycles. The standard InChI is InChI=1S/C23H51N3O2/c1-4-6-7-8-9-10-11-12-13-14-15-23(28)21-25-17-19-26(3)18-16-24-20-22(27)5-2/h22-25,27-28H,4-21H2,1-3H3. The van der Waals surface area contributed by atoms with Crippen LogP contribution in [0.4, 0.5) is 0 Å². The molecule has 0 aromatic heterocycles. The molecule has 0 radical (unpaired) electrons. The predicted molar refractivity (Wildman–Crippen MR) is 122 cm³/mol. The van der Waals surface area contributed by atoms with E-state index in [4.69, 9.17) is 0 Å². The van der Waals surface area contributed by atoms with Crippen molar-refractivity contribution in [1.82, 2.24) is 15.5 Å². The molecule has 0 heterocycles. The monoisotopic (exact) mass is 401 g/mol. The topological polar surface area (TPSA) is 67.8 Å². The average molecular weight is 402 g/mol. The van der Waals surface area contributed by atoms with E-state index < -0.39 is 0 Å². The summed E-state index contributed by atoms with van der Waals surface area (Å²) in [4.78, 5) is 2.27. The quantitative estimate of drug-likeness (QED) is 0.209. The molecule has 0 saturated carbocycles. The molecule has 0 spiro atoms. The fraction of sp³-hybridized carbons (Fsp3) is 1.00. The van der Waals surface area contributed by atoms with E-state index in [1.165, 1.54) is 57.8 Å². The summed E-state index contributed by atoms with van der Waals surface area (Å²) < 4.78 is 0. The van der Waals surface area contributed by atoms with E-state index in [9.17, 15) is 10.2 Å². The second-order valence-electron chi connectivity index (χ2n) is 8.40. The second kappa shape index (κ2) is 21.5. The van der Waals surface area contributed by atoms with Crippen LogP contribution in [0.5, 0.6) is 0 Å². The minimum Gasteiger partial charge on any atom is -0.392 e. The summed E-state index contributed by atoms with van der Waals surface area (Å²) in [5, 5.41) is 26.2. The third kappa shape index (κ3) is 20.5. The largest absolute Gasteiger partial charge is 0.392 e. The number of hydrogen-bond acceptors (Lipinski definition) is 5. The van der Waals surface area contributed by atoms with E-state index in [1.807, 2.05) is 6.92 Å². The highest BCUT2D eigenvalue weighted by Crippen LogP contribution is 2.11. The van der Waals surface area contributed by atoms with Gasteiger partial charge in [0.2, 0.25) is 0 Å². The van der Waals surface area contributed by atoms with Gasteiger partial charge in [-0.05, 0) is 19.9 Å². The van der Waals surface area contributed by atoms with E-state index in [-0.39, 0.29) is 12.2 Å². The summed E-state index contributed by atoms with van der Waals surface area (Å²) in [6.07, 6.45) is 14.7. The van der Waals surface area contributed by atoms with Crippen LogP contribution in [0.1, 0.15) is 90.9 Å². The molecule has 0 aromatic carbocycles. The Kier molecular flexibility index (Phi) is 21.4. The van der Waals surface area contributed by atoms with Crippen LogP contribution < -0.4 is 10.6 Å². The zero-order valence-electron chi connectivity index (χ0n) is 19.2. The molecule has 0 amide bonds. The van der Waals surface area contributed by atoms with E-state index >= 15 is 0 Å². The fourth-order valence-corrected chi connectivity index (χ4v) is 3.30. The highest BCUT2D eigenvalue weighted by Gasteiger charge is 2.04. The Morgan fingerprint density at radius 1 is 0.679 bits per heavy atom. The number of nitrogens with zero attached hydrogens (tertiary/aromatic N) is 1. The van der Waals surface area contributed by atoms with Crippen molar-refractivity contribution >= 4 is 0 Å². The molecular weight excluding hydrogens is 350 g/mol. The maximum Gasteiger partial charge on any atom is 0.0664 e. The van der Waals surface area contributed by atoms with Crippen molar-refractivity contribution in [3.05, 3.63) is 0 Å². The van der Waals surface area contributed by atoms with Crippen molar-refractivity contribution in [2.45, 2.75) is 103 Å². The van der Waals surface area contributed by atoms with Gasteiger partial charge in [-0.15, -0.1) is 0 Å². The third-order valence-corrected chi connectivity index (χ3v) is 5.46. The highest BCUT2D eigenvalue weighted by atomic mass is 16.3. The maximum absolute atomic E-state index is 10.1. The Morgan fingerprint density at radius 2 is 1.14 bits per heavy atom. The first-order valence-corrected chi connectivity index (χ1v) is 12.1. The first-order chi connectivity index (χ1) is 13.6. The second-order valence-corrected chi connectivity index (χ2v) is 8.40. The smallest absolute Gasteiger partial charge is 0.0664 e. The van der Waals surface area contributed by atoms with E-state index in [1.54, 1.807) is 0 Å². The first kappa shape index (κ1) is 27.8. The molecule has 4 N–H and O–H groups in total. The van der Waals surface area contributed by atoms with Gasteiger partial charge < -0.3 is 25.7 Å². The summed E-state index contributed by atoms with van der Waals surface area (Å²) in [5.74, 6) is 0. The van der Waals surface area contributed by atoms with E-state index in [2.05, 4.69) is 29.5 Å². The molecule has 0 saturated heterocycles. The first-order valence-electron chi connectivity index (χ1n) is 12.1. The lowest BCUT2D eigenvalue weighted by Gasteiger charge is -2.18. The van der Waals surface area contributed by atoms with Crippen LogP contribution in [-0.2, 0) is 0 Å². The molecular formula is C23H51N3O2. The SMILES string of the molecule is CCCCCCCCCCCCC(O)CNCCN(C)CCNCC(O)CC. The van der Waals surface area contributed by atoms with Gasteiger partial charge in [0.15, 0.2) is 0 Å². The van der Waals surface area contributed by atoms with Gasteiger partial charge in [-0.1, -0.05) is 78.1 Å². The summed E-state index contributed by atoms with van der Waals surface area (Å²) in [6.45, 7) is 9.39. The lowest BCUT2D eigenvalue weighted by molar-refractivity contribution is 0.156. The highest BCUT2D eigenvalue weighted by molar-refractivity contribution is 4.63. The van der Waals surface area contributed by atoms with Crippen molar-refractivity contribution < 1.29 is 10.2 Å². The third-order valence-electron chi connectivity index (χ3n) is 5.46. The Labute approximate surface area is 175 Å². The van der Waals surface area contributed by atoms with Crippen LogP contribution >= 0.6 is 0 Å². The van der Waals surface area contributed by atoms with Crippen LogP contribution in [0.25, 0.3) is 0 Å². The molecule has 0 aliphatic carbocycles. The van der Waals surface area contributed by atoms with Crippen molar-refractivity contribution in [3.63, 3.8) is 0 Å². The Balaban J connectivity index is 3.31. The maximum atomic E-state index is 10.1. The van der Waals surface area contributed by atoms with Crippen LogP contribution in [-0.4, -0.2) is 73.6 Å². The molecule has 2 atom stereocenters. The molecule has 0 fully saturated rings. The molecule has 0 aliphatic rings. The van der Waals surface area contributed by atoms with Gasteiger partial charge in [-0.25, -0.2) is 0 Å². The number of aliphatic hydroxyl groups is 2. The van der Waals surface area contributed by atoms with E-state index in [0.717, 1.165) is 45.4 Å². The van der Waals surface area contributed by atoms with Gasteiger partial charge in [0.05, 0.1) is 12.2 Å². The van der Waals surface area contributed by atoms with Crippen molar-refractivity contribution in [2.75, 3.05) is 46.3 Å². The zero-order valence-corrected chi connectivity index (χ0v) is 19.2. The van der Waals surface area contributed by atoms with Gasteiger partial charge in [-0.3, -0.25) is 0 Å². The predicted octanol–water partition coefficient (Wildman–Crippen LogP) is 3.54. The van der Waals surface area contributed by atoms with Gasteiger partial charge in [0, 0.05) is 39.3 Å². The summed E-state index contributed by atoms with van der Waals surface area (Å²) >= 11 is 0. The van der Waals surface area contributed by atoms with Crippen LogP contribution in [0.3, 0.4) is 0 Å². The number of rotatable bonds is 22. The lowest BCUT2D eigenvalue weighted by atomic mass is 10.0. The van der Waals surface area contributed by atoms with Crippen LogP contribution in [0, 0.1) is 0 Å². The minimum absolute atomic E-state index is 0.212. The van der Waals surface area contributed by atoms with Gasteiger partial charge >= 0.3 is 0 Å². The number of likely N-dealkylation sites (N-methyl/N-ethyl adjacent to an activating group) is 1. The average Bonchev–Trinajstić information content (AvgIpc) is 2.69. The molecule has 2 unspecified atom stereocenters. The lowest BCUT2D eigenvalue weighted by Crippen LogP contribution is -2.37. The molecule has 0 aromatic rings. The molecule has 170 valence electrons. The van der Waals surface area contributed by atoms with Crippen molar-refractivity contribution in [3.8, 4) is 0 Å². The Bertz CT molecular complexity index is 306. The number of nitrogens with one attached hydrogen (secondary N) is 2. The minimum atomic E-state index is -0.232. The van der Waals surface area contributed by atoms with E-state index in [0.29, 0.717) is 13.1 Å². The molecule has 0 rings (SSSR count). The summed E-state index contributed by atoms with van der Waals surface area (Å²) in [5.41, 5.74) is 0. The summed E-state index contributed by atoms with van der Waals surface area (Å²) in [6, 6.07) is 0. The van der Waals surface area contributed by atoms with Crippen molar-refractivity contribution in [2.24, 2.45) is 0 Å². The Morgan fingerprint density at radius 3 is 1.64 bits per heavy atom. The number of aliphatic hydroxyl groups excluding tert-OH is 2. The van der Waals surface area contributed by atoms with Crippen molar-refractivity contribution in [1.29, 1.82) is 0 Å². The Hall–Kier alpha value is -0.200. The summed E-state index contributed by atoms with van der Waals surface area (Å²) in [7, 11) is 2.11. The van der Waals surface area contributed by atoms with Gasteiger partial charge in [0.25, 0.3) is 0 Å². The van der Waals surface area contributed by atoms with Gasteiger partial charge in [0.1, 0.15) is 0 Å². The van der Waals surface area contributed by atoms with Crippen LogP contribution in [0.2, 0.25) is 0 Å². The van der Waals surface area contributed by atoms with Gasteiger partial charge in [-0.2, -0.15) is 0 Å². The molecule has 5 nitrogen and oxygen atoms in total. The zero-order chi connectivity index (χ0) is 20.9.